The summed E-state index contributed by atoms with van der Waals surface area (Å²) in [4.78, 5) is 37.8. The highest BCUT2D eigenvalue weighted by Gasteiger charge is 2.22. The van der Waals surface area contributed by atoms with Crippen LogP contribution in [0.25, 0.3) is 0 Å². The van der Waals surface area contributed by atoms with E-state index in [0.29, 0.717) is 22.0 Å². The van der Waals surface area contributed by atoms with E-state index >= 15 is 0 Å². The van der Waals surface area contributed by atoms with Crippen LogP contribution in [0.3, 0.4) is 0 Å². The van der Waals surface area contributed by atoms with Crippen molar-refractivity contribution in [3.05, 3.63) is 45.6 Å². The molecule has 0 radical (unpaired) electrons. The van der Waals surface area contributed by atoms with Crippen molar-refractivity contribution in [3.63, 3.8) is 0 Å². The zero-order valence-electron chi connectivity index (χ0n) is 13.3. The van der Waals surface area contributed by atoms with Gasteiger partial charge in [-0.05, 0) is 42.3 Å². The Morgan fingerprint density at radius 3 is 2.62 bits per heavy atom. The fourth-order valence-corrected chi connectivity index (χ4v) is 3.49. The molecule has 0 saturated carbocycles. The van der Waals surface area contributed by atoms with Crippen molar-refractivity contribution in [2.75, 3.05) is 23.9 Å². The number of ether oxygens (including phenoxy) is 1. The van der Waals surface area contributed by atoms with Gasteiger partial charge in [-0.15, -0.1) is 11.3 Å². The number of fused-ring (bicyclic) bond motifs is 1. The molecule has 1 N–H and O–H groups in total. The van der Waals surface area contributed by atoms with Crippen LogP contribution in [0.15, 0.2) is 30.3 Å². The maximum Gasteiger partial charge on any atom is 0.348 e. The fourth-order valence-electron chi connectivity index (χ4n) is 2.67. The van der Waals surface area contributed by atoms with E-state index < -0.39 is 5.97 Å². The molecule has 0 bridgehead atoms. The zero-order chi connectivity index (χ0) is 17.3. The minimum atomic E-state index is -0.457. The lowest BCUT2D eigenvalue weighted by atomic mass is 10.1. The minimum absolute atomic E-state index is 0.0134. The number of carbonyl (C=O) groups is 3. The topological polar surface area (TPSA) is 75.7 Å². The van der Waals surface area contributed by atoms with Crippen LogP contribution in [-0.4, -0.2) is 31.4 Å². The molecule has 0 atom stereocenters. The highest BCUT2D eigenvalue weighted by molar-refractivity contribution is 7.16. The molecule has 0 spiro atoms. The first-order valence-electron chi connectivity index (χ1n) is 7.40. The van der Waals surface area contributed by atoms with Gasteiger partial charge >= 0.3 is 5.97 Å². The maximum atomic E-state index is 12.3. The molecule has 6 nitrogen and oxygen atoms in total. The minimum Gasteiger partial charge on any atom is -0.465 e. The molecule has 2 amide bonds. The summed E-state index contributed by atoms with van der Waals surface area (Å²) in [7, 11) is 1.30. The maximum absolute atomic E-state index is 12.3. The molecule has 1 aliphatic rings. The van der Waals surface area contributed by atoms with E-state index in [-0.39, 0.29) is 11.8 Å². The molecule has 2 heterocycles. The summed E-state index contributed by atoms with van der Waals surface area (Å²) < 4.78 is 4.63. The Labute approximate surface area is 143 Å². The van der Waals surface area contributed by atoms with Crippen LogP contribution in [0, 0.1) is 0 Å². The number of anilines is 2. The Hall–Kier alpha value is -2.67. The summed E-state index contributed by atoms with van der Waals surface area (Å²) in [6, 6.07) is 8.65. The van der Waals surface area contributed by atoms with Crippen molar-refractivity contribution in [2.24, 2.45) is 0 Å². The molecule has 1 aromatic carbocycles. The van der Waals surface area contributed by atoms with Crippen molar-refractivity contribution < 1.29 is 19.1 Å². The Kier molecular flexibility index (Phi) is 4.35. The van der Waals surface area contributed by atoms with Crippen molar-refractivity contribution in [1.82, 2.24) is 0 Å². The third-order valence-corrected chi connectivity index (χ3v) is 4.89. The van der Waals surface area contributed by atoms with Crippen molar-refractivity contribution in [3.8, 4) is 0 Å². The lowest BCUT2D eigenvalue weighted by Gasteiger charge is -2.15. The van der Waals surface area contributed by atoms with Gasteiger partial charge in [-0.3, -0.25) is 9.59 Å². The highest BCUT2D eigenvalue weighted by atomic mass is 32.1. The van der Waals surface area contributed by atoms with Gasteiger partial charge in [-0.25, -0.2) is 4.79 Å². The molecule has 2 aromatic rings. The van der Waals surface area contributed by atoms with Crippen LogP contribution in [0.1, 0.15) is 31.8 Å². The van der Waals surface area contributed by atoms with Crippen molar-refractivity contribution >= 4 is 40.5 Å². The number of nitrogens with zero attached hydrogens (tertiary/aromatic N) is 1. The standard InChI is InChI=1S/C17H16N2O4S/c1-10(20)19-8-7-11-9-12(3-4-13(11)19)18-16(21)14-5-6-15(24-14)17(22)23-2/h3-6,9H,7-8H2,1-2H3,(H,18,21). The predicted octanol–water partition coefficient (Wildman–Crippen LogP) is 2.70. The molecule has 0 saturated heterocycles. The molecule has 3 rings (SSSR count). The number of carbonyl (C=O) groups excluding carboxylic acids is 3. The number of rotatable bonds is 3. The predicted molar refractivity (Wildman–Crippen MR) is 91.8 cm³/mol. The third kappa shape index (κ3) is 3.03. The van der Waals surface area contributed by atoms with E-state index in [4.69, 9.17) is 0 Å². The lowest BCUT2D eigenvalue weighted by Crippen LogP contribution is -2.25. The lowest BCUT2D eigenvalue weighted by molar-refractivity contribution is -0.116. The van der Waals surface area contributed by atoms with Gasteiger partial charge in [0.25, 0.3) is 5.91 Å². The average molecular weight is 344 g/mol. The number of methoxy groups -OCH3 is 1. The van der Waals surface area contributed by atoms with E-state index in [1.807, 2.05) is 12.1 Å². The van der Waals surface area contributed by atoms with Gasteiger partial charge in [0.2, 0.25) is 5.91 Å². The Bertz CT molecular complexity index is 828. The van der Waals surface area contributed by atoms with Gasteiger partial charge in [0, 0.05) is 24.8 Å². The van der Waals surface area contributed by atoms with Gasteiger partial charge in [0.1, 0.15) is 4.88 Å². The number of hydrogen-bond donors (Lipinski definition) is 1. The molecule has 1 aliphatic heterocycles. The summed E-state index contributed by atoms with van der Waals surface area (Å²) >= 11 is 1.08. The van der Waals surface area contributed by atoms with Crippen LogP contribution in [0.5, 0.6) is 0 Å². The van der Waals surface area contributed by atoms with Gasteiger partial charge in [0.05, 0.1) is 12.0 Å². The zero-order valence-corrected chi connectivity index (χ0v) is 14.1. The number of benzene rings is 1. The van der Waals surface area contributed by atoms with E-state index in [0.717, 1.165) is 29.0 Å². The molecule has 0 aliphatic carbocycles. The summed E-state index contributed by atoms with van der Waals surface area (Å²) in [5.74, 6) is -0.725. The van der Waals surface area contributed by atoms with Crippen LogP contribution in [-0.2, 0) is 16.0 Å². The van der Waals surface area contributed by atoms with E-state index in [1.165, 1.54) is 7.11 Å². The average Bonchev–Trinajstić information content (AvgIpc) is 3.20. The highest BCUT2D eigenvalue weighted by Crippen LogP contribution is 2.30. The van der Waals surface area contributed by atoms with Crippen LogP contribution >= 0.6 is 11.3 Å². The second kappa shape index (κ2) is 6.45. The van der Waals surface area contributed by atoms with Crippen LogP contribution in [0.2, 0.25) is 0 Å². The summed E-state index contributed by atoms with van der Waals surface area (Å²) in [5, 5.41) is 2.82. The van der Waals surface area contributed by atoms with Crippen molar-refractivity contribution in [2.45, 2.75) is 13.3 Å². The number of hydrogen-bond acceptors (Lipinski definition) is 5. The quantitative estimate of drug-likeness (QED) is 0.869. The molecule has 7 heteroatoms. The molecule has 1 aromatic heterocycles. The van der Waals surface area contributed by atoms with Crippen LogP contribution < -0.4 is 10.2 Å². The number of nitrogens with one attached hydrogen (secondary N) is 1. The van der Waals surface area contributed by atoms with Crippen molar-refractivity contribution in [1.29, 1.82) is 0 Å². The fraction of sp³-hybridized carbons (Fsp3) is 0.235. The molecule has 24 heavy (non-hydrogen) atoms. The first-order chi connectivity index (χ1) is 11.5. The summed E-state index contributed by atoms with van der Waals surface area (Å²) in [6.45, 7) is 2.20. The largest absolute Gasteiger partial charge is 0.465 e. The Morgan fingerprint density at radius 1 is 1.17 bits per heavy atom. The van der Waals surface area contributed by atoms with Gasteiger partial charge in [-0.2, -0.15) is 0 Å². The molecule has 0 fully saturated rings. The first kappa shape index (κ1) is 16.2. The normalized spacial score (nSPS) is 12.7. The molecular weight excluding hydrogens is 328 g/mol. The SMILES string of the molecule is COC(=O)c1ccc(C(=O)Nc2ccc3c(c2)CCN3C(C)=O)s1. The second-order valence-electron chi connectivity index (χ2n) is 5.37. The number of esters is 1. The number of thiophene rings is 1. The molecule has 124 valence electrons. The summed E-state index contributed by atoms with van der Waals surface area (Å²) in [5.41, 5.74) is 2.59. The van der Waals surface area contributed by atoms with Crippen LogP contribution in [0.4, 0.5) is 11.4 Å². The van der Waals surface area contributed by atoms with E-state index in [1.54, 1.807) is 30.0 Å². The van der Waals surface area contributed by atoms with Gasteiger partial charge < -0.3 is 15.0 Å². The smallest absolute Gasteiger partial charge is 0.348 e. The Morgan fingerprint density at radius 2 is 1.92 bits per heavy atom. The van der Waals surface area contributed by atoms with Gasteiger partial charge in [0.15, 0.2) is 0 Å². The van der Waals surface area contributed by atoms with Gasteiger partial charge in [-0.1, -0.05) is 0 Å². The summed E-state index contributed by atoms with van der Waals surface area (Å²) in [6.07, 6.45) is 0.768. The molecule has 0 unspecified atom stereocenters. The third-order valence-electron chi connectivity index (χ3n) is 3.83. The van der Waals surface area contributed by atoms with E-state index in [9.17, 15) is 14.4 Å². The Balaban J connectivity index is 1.75. The molecular formula is C17H16N2O4S. The number of amides is 2. The monoisotopic (exact) mass is 344 g/mol. The first-order valence-corrected chi connectivity index (χ1v) is 8.22. The van der Waals surface area contributed by atoms with E-state index in [2.05, 4.69) is 10.1 Å². The second-order valence-corrected chi connectivity index (χ2v) is 6.46.